The quantitative estimate of drug-likeness (QED) is 0.828. The second kappa shape index (κ2) is 6.26. The molecule has 6 nitrogen and oxygen atoms in total. The fourth-order valence-corrected chi connectivity index (χ4v) is 2.92. The first kappa shape index (κ1) is 15.3. The van der Waals surface area contributed by atoms with Gasteiger partial charge in [-0.25, -0.2) is 0 Å². The maximum absolute atomic E-state index is 13.0. The Morgan fingerprint density at radius 1 is 1.39 bits per heavy atom. The minimum atomic E-state index is -0.606. The van der Waals surface area contributed by atoms with Crippen LogP contribution in [-0.4, -0.2) is 49.6 Å². The molecule has 3 rings (SSSR count). The van der Waals surface area contributed by atoms with Crippen LogP contribution in [0.5, 0.6) is 0 Å². The molecule has 2 amide bonds. The van der Waals surface area contributed by atoms with Gasteiger partial charge in [-0.3, -0.25) is 9.59 Å². The van der Waals surface area contributed by atoms with Gasteiger partial charge in [0.2, 0.25) is 5.91 Å². The van der Waals surface area contributed by atoms with E-state index in [9.17, 15) is 9.59 Å². The summed E-state index contributed by atoms with van der Waals surface area (Å²) in [5.74, 6) is -0.354. The van der Waals surface area contributed by atoms with E-state index >= 15 is 0 Å². The molecular formula is C17H19N3O3. The van der Waals surface area contributed by atoms with E-state index < -0.39 is 6.04 Å². The third-order valence-electron chi connectivity index (χ3n) is 4.05. The summed E-state index contributed by atoms with van der Waals surface area (Å²) in [4.78, 5) is 26.6. The molecule has 6 heteroatoms. The van der Waals surface area contributed by atoms with E-state index in [1.54, 1.807) is 17.0 Å². The molecule has 0 spiro atoms. The predicted molar refractivity (Wildman–Crippen MR) is 88.1 cm³/mol. The van der Waals surface area contributed by atoms with Crippen molar-refractivity contribution >= 4 is 28.3 Å². The van der Waals surface area contributed by atoms with Crippen LogP contribution in [0.3, 0.4) is 0 Å². The molecule has 1 fully saturated rings. The predicted octanol–water partition coefficient (Wildman–Crippen LogP) is 1.01. The molecule has 120 valence electrons. The number of fused-ring (bicyclic) bond motifs is 1. The van der Waals surface area contributed by atoms with Crippen molar-refractivity contribution in [2.75, 3.05) is 32.5 Å². The van der Waals surface area contributed by atoms with Crippen molar-refractivity contribution < 1.29 is 14.3 Å². The second-order valence-corrected chi connectivity index (χ2v) is 5.55. The lowest BCUT2D eigenvalue weighted by Crippen LogP contribution is -2.58. The number of nitrogens with zero attached hydrogens (tertiary/aromatic N) is 1. The largest absolute Gasteiger partial charge is 0.399 e. The summed E-state index contributed by atoms with van der Waals surface area (Å²) in [6.45, 7) is 1.09. The first-order valence-electron chi connectivity index (χ1n) is 7.47. The molecule has 2 aromatic rings. The maximum atomic E-state index is 13.0. The van der Waals surface area contributed by atoms with Crippen molar-refractivity contribution in [3.63, 3.8) is 0 Å². The normalized spacial score (nSPS) is 18.0. The molecule has 0 radical (unpaired) electrons. The minimum absolute atomic E-state index is 0.169. The van der Waals surface area contributed by atoms with Crippen LogP contribution in [0.25, 0.3) is 10.8 Å². The summed E-state index contributed by atoms with van der Waals surface area (Å²) in [5.41, 5.74) is 7.03. The highest BCUT2D eigenvalue weighted by molar-refractivity contribution is 6.08. The Kier molecular flexibility index (Phi) is 4.16. The SMILES string of the molecule is COC[C@@H]1C(=O)NCCN1C(=O)c1cccc2cc(N)ccc12. The van der Waals surface area contributed by atoms with Gasteiger partial charge in [0.1, 0.15) is 6.04 Å². The van der Waals surface area contributed by atoms with E-state index in [4.69, 9.17) is 10.5 Å². The van der Waals surface area contributed by atoms with Gasteiger partial charge in [-0.05, 0) is 29.0 Å². The van der Waals surface area contributed by atoms with Crippen LogP contribution in [0.15, 0.2) is 36.4 Å². The lowest BCUT2D eigenvalue weighted by molar-refractivity contribution is -0.129. The molecular weight excluding hydrogens is 294 g/mol. The van der Waals surface area contributed by atoms with Gasteiger partial charge >= 0.3 is 0 Å². The number of nitrogens with two attached hydrogens (primary N) is 1. The average Bonchev–Trinajstić information content (AvgIpc) is 2.55. The number of piperazine rings is 1. The van der Waals surface area contributed by atoms with Gasteiger partial charge in [0.25, 0.3) is 5.91 Å². The highest BCUT2D eigenvalue weighted by Crippen LogP contribution is 2.23. The first-order valence-corrected chi connectivity index (χ1v) is 7.47. The third kappa shape index (κ3) is 2.85. The molecule has 0 unspecified atom stereocenters. The number of benzene rings is 2. The topological polar surface area (TPSA) is 84.7 Å². The van der Waals surface area contributed by atoms with E-state index in [0.29, 0.717) is 24.3 Å². The Labute approximate surface area is 134 Å². The van der Waals surface area contributed by atoms with Crippen molar-refractivity contribution in [3.05, 3.63) is 42.0 Å². The molecule has 0 saturated carbocycles. The first-order chi connectivity index (χ1) is 11.1. The Balaban J connectivity index is 2.00. The van der Waals surface area contributed by atoms with Crippen molar-refractivity contribution in [2.24, 2.45) is 0 Å². The average molecular weight is 313 g/mol. The highest BCUT2D eigenvalue weighted by atomic mass is 16.5. The molecule has 3 N–H and O–H groups in total. The lowest BCUT2D eigenvalue weighted by atomic mass is 10.0. The van der Waals surface area contributed by atoms with E-state index in [2.05, 4.69) is 5.32 Å². The van der Waals surface area contributed by atoms with E-state index in [0.717, 1.165) is 10.8 Å². The maximum Gasteiger partial charge on any atom is 0.255 e. The van der Waals surface area contributed by atoms with Crippen molar-refractivity contribution in [1.29, 1.82) is 0 Å². The number of amides is 2. The fourth-order valence-electron chi connectivity index (χ4n) is 2.92. The number of hydrogen-bond acceptors (Lipinski definition) is 4. The summed E-state index contributed by atoms with van der Waals surface area (Å²) >= 11 is 0. The second-order valence-electron chi connectivity index (χ2n) is 5.55. The number of carbonyl (C=O) groups is 2. The zero-order chi connectivity index (χ0) is 16.4. The molecule has 1 heterocycles. The molecule has 1 saturated heterocycles. The number of ether oxygens (including phenoxy) is 1. The van der Waals surface area contributed by atoms with Crippen LogP contribution in [0.2, 0.25) is 0 Å². The summed E-state index contributed by atoms with van der Waals surface area (Å²) < 4.78 is 5.10. The molecule has 2 aromatic carbocycles. The molecule has 0 aromatic heterocycles. The van der Waals surface area contributed by atoms with Gasteiger partial charge in [0.05, 0.1) is 6.61 Å². The van der Waals surface area contributed by atoms with E-state index in [1.165, 1.54) is 7.11 Å². The zero-order valence-electron chi connectivity index (χ0n) is 12.9. The number of anilines is 1. The van der Waals surface area contributed by atoms with Gasteiger partial charge in [0, 0.05) is 31.5 Å². The van der Waals surface area contributed by atoms with Gasteiger partial charge in [-0.15, -0.1) is 0 Å². The molecule has 23 heavy (non-hydrogen) atoms. The third-order valence-corrected chi connectivity index (χ3v) is 4.05. The van der Waals surface area contributed by atoms with E-state index in [-0.39, 0.29) is 18.4 Å². The smallest absolute Gasteiger partial charge is 0.255 e. The minimum Gasteiger partial charge on any atom is -0.399 e. The number of carbonyl (C=O) groups excluding carboxylic acids is 2. The molecule has 0 bridgehead atoms. The Hall–Kier alpha value is -2.60. The van der Waals surface area contributed by atoms with Gasteiger partial charge in [0.15, 0.2) is 0 Å². The van der Waals surface area contributed by atoms with Crippen molar-refractivity contribution in [1.82, 2.24) is 10.2 Å². The summed E-state index contributed by atoms with van der Waals surface area (Å²) in [6, 6.07) is 10.4. The lowest BCUT2D eigenvalue weighted by Gasteiger charge is -2.34. The van der Waals surface area contributed by atoms with Gasteiger partial charge in [-0.2, -0.15) is 0 Å². The Bertz CT molecular complexity index is 760. The van der Waals surface area contributed by atoms with Gasteiger partial charge < -0.3 is 20.7 Å². The number of rotatable bonds is 3. The van der Waals surface area contributed by atoms with Gasteiger partial charge in [-0.1, -0.05) is 18.2 Å². The molecule has 1 atom stereocenters. The number of nitrogens with one attached hydrogen (secondary N) is 1. The Morgan fingerprint density at radius 3 is 3.00 bits per heavy atom. The fraction of sp³-hybridized carbons (Fsp3) is 0.294. The van der Waals surface area contributed by atoms with Crippen LogP contribution >= 0.6 is 0 Å². The standard InChI is InChI=1S/C17H19N3O3/c1-23-10-15-16(21)19-7-8-20(15)17(22)14-4-2-3-11-9-12(18)5-6-13(11)14/h2-6,9,15H,7-8,10,18H2,1H3,(H,19,21)/t15-/m1/s1. The molecule has 1 aliphatic heterocycles. The monoisotopic (exact) mass is 313 g/mol. The molecule has 1 aliphatic rings. The van der Waals surface area contributed by atoms with Crippen LogP contribution in [0, 0.1) is 0 Å². The van der Waals surface area contributed by atoms with Crippen LogP contribution in [0.1, 0.15) is 10.4 Å². The van der Waals surface area contributed by atoms with E-state index in [1.807, 2.05) is 24.3 Å². The summed E-state index contributed by atoms with van der Waals surface area (Å²) in [6.07, 6.45) is 0. The highest BCUT2D eigenvalue weighted by Gasteiger charge is 2.33. The van der Waals surface area contributed by atoms with Crippen LogP contribution < -0.4 is 11.1 Å². The Morgan fingerprint density at radius 2 is 2.22 bits per heavy atom. The summed E-state index contributed by atoms with van der Waals surface area (Å²) in [7, 11) is 1.52. The number of nitrogen functional groups attached to an aromatic ring is 1. The van der Waals surface area contributed by atoms with Crippen molar-refractivity contribution in [3.8, 4) is 0 Å². The van der Waals surface area contributed by atoms with Crippen LogP contribution in [-0.2, 0) is 9.53 Å². The summed E-state index contributed by atoms with van der Waals surface area (Å²) in [5, 5.41) is 4.50. The number of hydrogen-bond donors (Lipinski definition) is 2. The zero-order valence-corrected chi connectivity index (χ0v) is 12.9. The van der Waals surface area contributed by atoms with Crippen LogP contribution in [0.4, 0.5) is 5.69 Å². The molecule has 0 aliphatic carbocycles. The van der Waals surface area contributed by atoms with Crippen molar-refractivity contribution in [2.45, 2.75) is 6.04 Å². The number of methoxy groups -OCH3 is 1.